The molecule has 2 unspecified atom stereocenters. The van der Waals surface area contributed by atoms with Gasteiger partial charge in [-0.2, -0.15) is 4.31 Å². The topological polar surface area (TPSA) is 46.6 Å². The van der Waals surface area contributed by atoms with Crippen LogP contribution in [0.2, 0.25) is 0 Å². The van der Waals surface area contributed by atoms with E-state index in [1.54, 1.807) is 16.4 Å². The summed E-state index contributed by atoms with van der Waals surface area (Å²) in [7, 11) is -3.35. The van der Waals surface area contributed by atoms with Gasteiger partial charge in [0, 0.05) is 6.54 Å². The number of sulfonamides is 1. The van der Waals surface area contributed by atoms with Crippen molar-refractivity contribution in [3.63, 3.8) is 0 Å². The molecule has 0 radical (unpaired) electrons. The Hall–Kier alpha value is 0.0500. The van der Waals surface area contributed by atoms with Crippen LogP contribution in [0.3, 0.4) is 0 Å². The lowest BCUT2D eigenvalue weighted by Crippen LogP contribution is -2.50. The van der Waals surface area contributed by atoms with Crippen molar-refractivity contribution in [3.05, 3.63) is 15.9 Å². The molecule has 2 aliphatic rings. The van der Waals surface area contributed by atoms with Crippen LogP contribution >= 0.6 is 27.3 Å². The van der Waals surface area contributed by atoms with E-state index in [2.05, 4.69) is 15.9 Å². The summed E-state index contributed by atoms with van der Waals surface area (Å²) in [6.45, 7) is 0.978. The van der Waals surface area contributed by atoms with E-state index in [-0.39, 0.29) is 12.1 Å². The Morgan fingerprint density at radius 2 is 2.22 bits per heavy atom. The lowest BCUT2D eigenvalue weighted by atomic mass is 10.2. The Balaban J connectivity index is 1.93. The summed E-state index contributed by atoms with van der Waals surface area (Å²) in [4.78, 5) is 0. The fourth-order valence-electron chi connectivity index (χ4n) is 2.74. The van der Waals surface area contributed by atoms with Gasteiger partial charge in [-0.3, -0.25) is 0 Å². The van der Waals surface area contributed by atoms with Crippen LogP contribution in [-0.2, 0) is 14.8 Å². The predicted molar refractivity (Wildman–Crippen MR) is 73.3 cm³/mol. The molecule has 3 rings (SSSR count). The second-order valence-electron chi connectivity index (χ2n) is 4.58. The van der Waals surface area contributed by atoms with E-state index in [0.29, 0.717) is 17.4 Å². The molecule has 18 heavy (non-hydrogen) atoms. The molecule has 4 nitrogen and oxygen atoms in total. The first-order valence-corrected chi connectivity index (χ1v) is 9.03. The summed E-state index contributed by atoms with van der Waals surface area (Å²) in [6.07, 6.45) is 3.04. The zero-order valence-electron chi connectivity index (χ0n) is 9.71. The van der Waals surface area contributed by atoms with Crippen molar-refractivity contribution in [1.82, 2.24) is 4.31 Å². The van der Waals surface area contributed by atoms with Gasteiger partial charge in [0.2, 0.25) is 0 Å². The minimum atomic E-state index is -3.35. The second kappa shape index (κ2) is 4.86. The Bertz CT molecular complexity index is 542. The summed E-state index contributed by atoms with van der Waals surface area (Å²) in [5, 5.41) is 0. The Morgan fingerprint density at radius 3 is 2.94 bits per heavy atom. The first kappa shape index (κ1) is 13.1. The van der Waals surface area contributed by atoms with Gasteiger partial charge in [0.1, 0.15) is 4.21 Å². The maximum absolute atomic E-state index is 12.6. The van der Waals surface area contributed by atoms with Gasteiger partial charge in [-0.15, -0.1) is 11.3 Å². The summed E-state index contributed by atoms with van der Waals surface area (Å²) in [6, 6.07) is 3.48. The standard InChI is InChI=1S/C11H14BrNO3S2/c12-10-4-5-11(17-10)18(14,15)13-6-7-16-9-3-1-2-8(9)13/h4-5,8-9H,1-3,6-7H2. The molecule has 0 bridgehead atoms. The van der Waals surface area contributed by atoms with Crippen LogP contribution < -0.4 is 0 Å². The van der Waals surface area contributed by atoms with Gasteiger partial charge in [-0.25, -0.2) is 8.42 Å². The molecule has 1 aliphatic heterocycles. The maximum Gasteiger partial charge on any atom is 0.253 e. The van der Waals surface area contributed by atoms with Gasteiger partial charge in [-0.05, 0) is 47.3 Å². The first-order valence-electron chi connectivity index (χ1n) is 5.98. The smallest absolute Gasteiger partial charge is 0.253 e. The predicted octanol–water partition coefficient (Wildman–Crippen LogP) is 2.45. The number of hydrogen-bond acceptors (Lipinski definition) is 4. The van der Waals surface area contributed by atoms with Gasteiger partial charge >= 0.3 is 0 Å². The monoisotopic (exact) mass is 351 g/mol. The van der Waals surface area contributed by atoms with Crippen LogP contribution in [0.4, 0.5) is 0 Å². The fraction of sp³-hybridized carbons (Fsp3) is 0.636. The molecule has 1 saturated heterocycles. The highest BCUT2D eigenvalue weighted by atomic mass is 79.9. The van der Waals surface area contributed by atoms with Crippen molar-refractivity contribution in [3.8, 4) is 0 Å². The molecular weight excluding hydrogens is 338 g/mol. The Kier molecular flexibility index (Phi) is 3.53. The molecule has 0 amide bonds. The lowest BCUT2D eigenvalue weighted by Gasteiger charge is -2.36. The molecule has 0 aromatic carbocycles. The minimum absolute atomic E-state index is 0.0321. The summed E-state index contributed by atoms with van der Waals surface area (Å²) < 4.78 is 33.8. The first-order chi connectivity index (χ1) is 8.59. The van der Waals surface area contributed by atoms with Crippen LogP contribution in [0.5, 0.6) is 0 Å². The van der Waals surface area contributed by atoms with Crippen molar-refractivity contribution >= 4 is 37.3 Å². The van der Waals surface area contributed by atoms with E-state index >= 15 is 0 Å². The number of ether oxygens (including phenoxy) is 1. The van der Waals surface area contributed by atoms with Crippen molar-refractivity contribution in [2.75, 3.05) is 13.2 Å². The summed E-state index contributed by atoms with van der Waals surface area (Å²) in [5.74, 6) is 0. The highest BCUT2D eigenvalue weighted by molar-refractivity contribution is 9.11. The second-order valence-corrected chi connectivity index (χ2v) is 9.16. The van der Waals surface area contributed by atoms with Crippen molar-refractivity contribution in [2.24, 2.45) is 0 Å². The summed E-state index contributed by atoms with van der Waals surface area (Å²) >= 11 is 4.58. The van der Waals surface area contributed by atoms with Gasteiger partial charge in [0.05, 0.1) is 22.5 Å². The van der Waals surface area contributed by atoms with Crippen molar-refractivity contribution < 1.29 is 13.2 Å². The molecule has 2 heterocycles. The van der Waals surface area contributed by atoms with Gasteiger partial charge < -0.3 is 4.74 Å². The van der Waals surface area contributed by atoms with Crippen LogP contribution in [0.15, 0.2) is 20.1 Å². The van der Waals surface area contributed by atoms with Crippen LogP contribution in [-0.4, -0.2) is 38.0 Å². The summed E-state index contributed by atoms with van der Waals surface area (Å²) in [5.41, 5.74) is 0. The highest BCUT2D eigenvalue weighted by Gasteiger charge is 2.42. The largest absolute Gasteiger partial charge is 0.375 e. The molecule has 7 heteroatoms. The maximum atomic E-state index is 12.6. The molecule has 0 N–H and O–H groups in total. The van der Waals surface area contributed by atoms with E-state index in [1.807, 2.05) is 0 Å². The number of morpholine rings is 1. The zero-order chi connectivity index (χ0) is 12.8. The average molecular weight is 352 g/mol. The van der Waals surface area contributed by atoms with E-state index < -0.39 is 10.0 Å². The number of hydrogen-bond donors (Lipinski definition) is 0. The number of nitrogens with zero attached hydrogens (tertiary/aromatic N) is 1. The number of fused-ring (bicyclic) bond motifs is 1. The highest BCUT2D eigenvalue weighted by Crippen LogP contribution is 2.35. The Morgan fingerprint density at radius 1 is 1.39 bits per heavy atom. The van der Waals surface area contributed by atoms with Gasteiger partial charge in [0.25, 0.3) is 10.0 Å². The van der Waals surface area contributed by atoms with E-state index in [1.165, 1.54) is 11.3 Å². The van der Waals surface area contributed by atoms with Crippen LogP contribution in [0.25, 0.3) is 0 Å². The molecule has 1 aliphatic carbocycles. The molecular formula is C11H14BrNO3S2. The zero-order valence-corrected chi connectivity index (χ0v) is 12.9. The molecule has 2 fully saturated rings. The van der Waals surface area contributed by atoms with E-state index in [9.17, 15) is 8.42 Å². The quantitative estimate of drug-likeness (QED) is 0.822. The van der Waals surface area contributed by atoms with Crippen molar-refractivity contribution in [2.45, 2.75) is 35.6 Å². The minimum Gasteiger partial charge on any atom is -0.375 e. The molecule has 100 valence electrons. The Labute approximate surface area is 119 Å². The number of halogens is 1. The third-order valence-corrected chi connectivity index (χ3v) is 7.56. The molecule has 1 aromatic heterocycles. The molecule has 1 aromatic rings. The van der Waals surface area contributed by atoms with Gasteiger partial charge in [-0.1, -0.05) is 0 Å². The molecule has 1 saturated carbocycles. The molecule has 2 atom stereocenters. The number of rotatable bonds is 2. The normalized spacial score (nSPS) is 29.4. The van der Waals surface area contributed by atoms with E-state index in [0.717, 1.165) is 23.0 Å². The third kappa shape index (κ3) is 2.16. The lowest BCUT2D eigenvalue weighted by molar-refractivity contribution is -0.0241. The SMILES string of the molecule is O=S(=O)(c1ccc(Br)s1)N1CCOC2CCCC21. The van der Waals surface area contributed by atoms with Crippen LogP contribution in [0, 0.1) is 0 Å². The van der Waals surface area contributed by atoms with E-state index in [4.69, 9.17) is 4.74 Å². The van der Waals surface area contributed by atoms with Gasteiger partial charge in [0.15, 0.2) is 0 Å². The molecule has 0 spiro atoms. The fourth-order valence-corrected chi connectivity index (χ4v) is 6.54. The third-order valence-electron chi connectivity index (χ3n) is 3.54. The van der Waals surface area contributed by atoms with Crippen LogP contribution in [0.1, 0.15) is 19.3 Å². The number of thiophene rings is 1. The average Bonchev–Trinajstić information content (AvgIpc) is 2.96. The van der Waals surface area contributed by atoms with Crippen molar-refractivity contribution in [1.29, 1.82) is 0 Å².